The Bertz CT molecular complexity index is 249. The molecule has 0 aliphatic carbocycles. The van der Waals surface area contributed by atoms with Crippen LogP contribution in [-0.2, 0) is 9.53 Å². The van der Waals surface area contributed by atoms with Crippen molar-refractivity contribution in [2.45, 2.75) is 25.4 Å². The zero-order valence-electron chi connectivity index (χ0n) is 10.2. The van der Waals surface area contributed by atoms with Crippen molar-refractivity contribution < 1.29 is 9.53 Å². The van der Waals surface area contributed by atoms with Gasteiger partial charge in [0.2, 0.25) is 5.91 Å². The van der Waals surface area contributed by atoms with Crippen molar-refractivity contribution in [1.29, 1.82) is 0 Å². The first kappa shape index (κ1) is 13.1. The molecule has 4 nitrogen and oxygen atoms in total. The van der Waals surface area contributed by atoms with Gasteiger partial charge in [-0.3, -0.25) is 9.69 Å². The average molecular weight is 261 g/mol. The van der Waals surface area contributed by atoms with E-state index in [1.54, 1.807) is 0 Å². The van der Waals surface area contributed by atoms with Gasteiger partial charge in [-0.1, -0.05) is 0 Å². The Balaban J connectivity index is 1.70. The lowest BCUT2D eigenvalue weighted by molar-refractivity contribution is -0.135. The van der Waals surface area contributed by atoms with Gasteiger partial charge in [0, 0.05) is 45.2 Å². The fourth-order valence-corrected chi connectivity index (χ4v) is 2.71. The van der Waals surface area contributed by atoms with Crippen LogP contribution in [0.1, 0.15) is 19.3 Å². The summed E-state index contributed by atoms with van der Waals surface area (Å²) in [5, 5.41) is 0. The Hall–Kier alpha value is -0.320. The molecule has 0 bridgehead atoms. The van der Waals surface area contributed by atoms with Crippen LogP contribution in [0.4, 0.5) is 0 Å². The highest BCUT2D eigenvalue weighted by Gasteiger charge is 2.25. The van der Waals surface area contributed by atoms with Crippen LogP contribution in [0, 0.1) is 0 Å². The number of piperazine rings is 1. The van der Waals surface area contributed by atoms with Crippen molar-refractivity contribution in [3.63, 3.8) is 0 Å². The van der Waals surface area contributed by atoms with Crippen LogP contribution in [0.15, 0.2) is 0 Å². The number of ether oxygens (including phenoxy) is 1. The molecule has 2 saturated heterocycles. The summed E-state index contributed by atoms with van der Waals surface area (Å²) in [5.41, 5.74) is 0. The highest BCUT2D eigenvalue weighted by Crippen LogP contribution is 2.17. The molecule has 1 unspecified atom stereocenters. The topological polar surface area (TPSA) is 32.8 Å². The molecular weight excluding hydrogens is 240 g/mol. The number of rotatable bonds is 4. The minimum absolute atomic E-state index is 0.170. The lowest BCUT2D eigenvalue weighted by atomic mass is 10.1. The minimum atomic E-state index is 0.170. The number of hydrogen-bond acceptors (Lipinski definition) is 3. The maximum atomic E-state index is 12.0. The van der Waals surface area contributed by atoms with Crippen LogP contribution in [0.2, 0.25) is 0 Å². The van der Waals surface area contributed by atoms with Crippen molar-refractivity contribution >= 4 is 17.5 Å². The maximum Gasteiger partial charge on any atom is 0.225 e. The van der Waals surface area contributed by atoms with E-state index in [2.05, 4.69) is 4.90 Å². The monoisotopic (exact) mass is 260 g/mol. The van der Waals surface area contributed by atoms with Crippen molar-refractivity contribution in [2.24, 2.45) is 0 Å². The Morgan fingerprint density at radius 1 is 1.29 bits per heavy atom. The summed E-state index contributed by atoms with van der Waals surface area (Å²) < 4.78 is 5.50. The van der Waals surface area contributed by atoms with Gasteiger partial charge in [0.05, 0.1) is 12.5 Å². The summed E-state index contributed by atoms with van der Waals surface area (Å²) in [7, 11) is 0. The largest absolute Gasteiger partial charge is 0.378 e. The molecule has 2 fully saturated rings. The molecule has 1 atom stereocenters. The van der Waals surface area contributed by atoms with Crippen LogP contribution >= 0.6 is 11.6 Å². The SMILES string of the molecule is O=C(CC1CCCO1)N1CCN(CCCl)CC1. The predicted molar refractivity (Wildman–Crippen MR) is 67.3 cm³/mol. The van der Waals surface area contributed by atoms with Gasteiger partial charge in [-0.15, -0.1) is 11.6 Å². The van der Waals surface area contributed by atoms with E-state index in [-0.39, 0.29) is 12.0 Å². The third-order valence-electron chi connectivity index (χ3n) is 3.55. The molecule has 0 spiro atoms. The lowest BCUT2D eigenvalue weighted by Gasteiger charge is -2.34. The number of carbonyl (C=O) groups is 1. The zero-order chi connectivity index (χ0) is 12.1. The first-order chi connectivity index (χ1) is 8.29. The third-order valence-corrected chi connectivity index (χ3v) is 3.72. The number of nitrogens with zero attached hydrogens (tertiary/aromatic N) is 2. The van der Waals surface area contributed by atoms with Crippen LogP contribution in [0.25, 0.3) is 0 Å². The summed E-state index contributed by atoms with van der Waals surface area (Å²) in [6, 6.07) is 0. The Morgan fingerprint density at radius 2 is 2.06 bits per heavy atom. The number of carbonyl (C=O) groups excluding carboxylic acids is 1. The Labute approximate surface area is 108 Å². The maximum absolute atomic E-state index is 12.0. The number of halogens is 1. The number of hydrogen-bond donors (Lipinski definition) is 0. The van der Waals surface area contributed by atoms with E-state index in [0.717, 1.165) is 52.2 Å². The average Bonchev–Trinajstić information content (AvgIpc) is 2.83. The molecule has 0 aromatic heterocycles. The van der Waals surface area contributed by atoms with Crippen molar-refractivity contribution in [3.05, 3.63) is 0 Å². The molecule has 2 heterocycles. The zero-order valence-corrected chi connectivity index (χ0v) is 11.0. The molecule has 17 heavy (non-hydrogen) atoms. The molecule has 2 rings (SSSR count). The summed E-state index contributed by atoms with van der Waals surface area (Å²) in [6.45, 7) is 5.32. The summed E-state index contributed by atoms with van der Waals surface area (Å²) >= 11 is 5.71. The van der Waals surface area contributed by atoms with E-state index < -0.39 is 0 Å². The molecule has 0 aromatic rings. The van der Waals surface area contributed by atoms with Crippen LogP contribution in [0.3, 0.4) is 0 Å². The van der Waals surface area contributed by atoms with Crippen LogP contribution in [0.5, 0.6) is 0 Å². The van der Waals surface area contributed by atoms with E-state index in [1.807, 2.05) is 4.90 Å². The molecule has 1 amide bonds. The van der Waals surface area contributed by atoms with E-state index in [0.29, 0.717) is 12.3 Å². The first-order valence-electron chi connectivity index (χ1n) is 6.47. The summed E-state index contributed by atoms with van der Waals surface area (Å²) in [4.78, 5) is 16.3. The second-order valence-electron chi connectivity index (χ2n) is 4.75. The van der Waals surface area contributed by atoms with Gasteiger partial charge in [0.1, 0.15) is 0 Å². The van der Waals surface area contributed by atoms with E-state index in [9.17, 15) is 4.79 Å². The highest BCUT2D eigenvalue weighted by molar-refractivity contribution is 6.18. The second kappa shape index (κ2) is 6.57. The summed E-state index contributed by atoms with van der Waals surface area (Å²) in [6.07, 6.45) is 2.87. The second-order valence-corrected chi connectivity index (χ2v) is 5.13. The smallest absolute Gasteiger partial charge is 0.225 e. The first-order valence-corrected chi connectivity index (χ1v) is 7.01. The molecule has 0 N–H and O–H groups in total. The van der Waals surface area contributed by atoms with E-state index in [1.165, 1.54) is 0 Å². The third kappa shape index (κ3) is 3.83. The molecule has 2 aliphatic heterocycles. The van der Waals surface area contributed by atoms with Gasteiger partial charge in [-0.2, -0.15) is 0 Å². The van der Waals surface area contributed by atoms with Gasteiger partial charge in [0.25, 0.3) is 0 Å². The molecule has 5 heteroatoms. The van der Waals surface area contributed by atoms with Gasteiger partial charge < -0.3 is 9.64 Å². The standard InChI is InChI=1S/C12H21ClN2O2/c13-3-4-14-5-7-15(8-6-14)12(16)10-11-2-1-9-17-11/h11H,1-10H2. The van der Waals surface area contributed by atoms with Crippen LogP contribution < -0.4 is 0 Å². The minimum Gasteiger partial charge on any atom is -0.378 e. The van der Waals surface area contributed by atoms with Gasteiger partial charge in [0.15, 0.2) is 0 Å². The normalized spacial score (nSPS) is 26.4. The van der Waals surface area contributed by atoms with Gasteiger partial charge >= 0.3 is 0 Å². The van der Waals surface area contributed by atoms with Gasteiger partial charge in [-0.25, -0.2) is 0 Å². The highest BCUT2D eigenvalue weighted by atomic mass is 35.5. The Morgan fingerprint density at radius 3 is 2.65 bits per heavy atom. The number of alkyl halides is 1. The van der Waals surface area contributed by atoms with Crippen molar-refractivity contribution in [1.82, 2.24) is 9.80 Å². The molecular formula is C12H21ClN2O2. The number of amides is 1. The Kier molecular flexibility index (Phi) is 5.07. The summed E-state index contributed by atoms with van der Waals surface area (Å²) in [5.74, 6) is 0.923. The van der Waals surface area contributed by atoms with E-state index >= 15 is 0 Å². The van der Waals surface area contributed by atoms with Crippen LogP contribution in [-0.4, -0.2) is 67.0 Å². The van der Waals surface area contributed by atoms with E-state index in [4.69, 9.17) is 16.3 Å². The molecule has 0 saturated carbocycles. The van der Waals surface area contributed by atoms with Crippen molar-refractivity contribution in [3.8, 4) is 0 Å². The fraction of sp³-hybridized carbons (Fsp3) is 0.917. The van der Waals surface area contributed by atoms with Crippen molar-refractivity contribution in [2.75, 3.05) is 45.2 Å². The molecule has 0 radical (unpaired) electrons. The molecule has 0 aromatic carbocycles. The molecule has 2 aliphatic rings. The quantitative estimate of drug-likeness (QED) is 0.706. The van der Waals surface area contributed by atoms with Gasteiger partial charge in [-0.05, 0) is 12.8 Å². The lowest BCUT2D eigenvalue weighted by Crippen LogP contribution is -2.49. The molecule has 98 valence electrons. The predicted octanol–water partition coefficient (Wildman–Crippen LogP) is 0.938. The fourth-order valence-electron chi connectivity index (χ4n) is 2.47.